The van der Waals surface area contributed by atoms with E-state index in [9.17, 15) is 9.90 Å². The van der Waals surface area contributed by atoms with Gasteiger partial charge in [-0.15, -0.1) is 22.7 Å². The molecule has 8 heteroatoms. The quantitative estimate of drug-likeness (QED) is 0.797. The average Bonchev–Trinajstić information content (AvgIpc) is 3.02. The van der Waals surface area contributed by atoms with Gasteiger partial charge in [0.15, 0.2) is 16.5 Å². The third-order valence-electron chi connectivity index (χ3n) is 2.83. The van der Waals surface area contributed by atoms with Gasteiger partial charge in [0.1, 0.15) is 0 Å². The molecule has 20 heavy (non-hydrogen) atoms. The van der Waals surface area contributed by atoms with Crippen molar-refractivity contribution in [1.82, 2.24) is 9.38 Å². The summed E-state index contributed by atoms with van der Waals surface area (Å²) in [4.78, 5) is 19.4. The lowest BCUT2D eigenvalue weighted by Gasteiger charge is -2.16. The van der Waals surface area contributed by atoms with Crippen molar-refractivity contribution in [2.45, 2.75) is 6.54 Å². The number of anilines is 1. The van der Waals surface area contributed by atoms with Gasteiger partial charge in [-0.1, -0.05) is 11.6 Å². The van der Waals surface area contributed by atoms with E-state index in [0.29, 0.717) is 17.3 Å². The molecule has 0 aromatic carbocycles. The van der Waals surface area contributed by atoms with E-state index in [1.54, 1.807) is 10.6 Å². The second kappa shape index (κ2) is 5.08. The normalized spacial score (nSPS) is 11.1. The zero-order valence-corrected chi connectivity index (χ0v) is 12.8. The highest BCUT2D eigenvalue weighted by atomic mass is 35.5. The van der Waals surface area contributed by atoms with Crippen LogP contribution in [0.5, 0.6) is 0 Å². The molecule has 0 aliphatic heterocycles. The standard InChI is InChI=1S/C12H10ClN3O2S2/c1-15(6-7-2-3-8(13)20-7)10-9(11(17)18)16-4-5-19-12(16)14-10/h2-5H,6H2,1H3,(H,17,18). The summed E-state index contributed by atoms with van der Waals surface area (Å²) in [6.45, 7) is 0.572. The molecule has 0 unspecified atom stereocenters. The summed E-state index contributed by atoms with van der Waals surface area (Å²) < 4.78 is 2.32. The highest BCUT2D eigenvalue weighted by molar-refractivity contribution is 7.16. The summed E-state index contributed by atoms with van der Waals surface area (Å²) in [5, 5.41) is 11.2. The van der Waals surface area contributed by atoms with Crippen LogP contribution in [0.25, 0.3) is 4.96 Å². The Hall–Kier alpha value is -1.57. The van der Waals surface area contributed by atoms with Crippen LogP contribution < -0.4 is 4.90 Å². The molecule has 0 fully saturated rings. The molecule has 0 saturated heterocycles. The number of carbonyl (C=O) groups is 1. The largest absolute Gasteiger partial charge is 0.476 e. The number of hydrogen-bond acceptors (Lipinski definition) is 5. The molecule has 1 N–H and O–H groups in total. The Bertz CT molecular complexity index is 777. The van der Waals surface area contributed by atoms with Crippen molar-refractivity contribution in [2.75, 3.05) is 11.9 Å². The van der Waals surface area contributed by atoms with E-state index in [1.807, 2.05) is 29.5 Å². The molecule has 3 aromatic rings. The first-order valence-electron chi connectivity index (χ1n) is 5.70. The summed E-state index contributed by atoms with van der Waals surface area (Å²) in [6.07, 6.45) is 1.72. The van der Waals surface area contributed by atoms with Gasteiger partial charge in [-0.05, 0) is 12.1 Å². The fourth-order valence-corrected chi connectivity index (χ4v) is 3.83. The molecule has 0 atom stereocenters. The van der Waals surface area contributed by atoms with Gasteiger partial charge in [-0.3, -0.25) is 4.40 Å². The molecule has 3 rings (SSSR count). The van der Waals surface area contributed by atoms with Gasteiger partial charge in [0.2, 0.25) is 0 Å². The fourth-order valence-electron chi connectivity index (χ4n) is 1.98. The zero-order chi connectivity index (χ0) is 14.3. The Morgan fingerprint density at radius 1 is 1.55 bits per heavy atom. The number of rotatable bonds is 4. The number of carboxylic acids is 1. The number of thiazole rings is 1. The van der Waals surface area contributed by atoms with Crippen molar-refractivity contribution in [3.05, 3.63) is 38.6 Å². The van der Waals surface area contributed by atoms with Crippen molar-refractivity contribution >= 4 is 51.0 Å². The predicted octanol–water partition coefficient (Wildman–Crippen LogP) is 3.45. The minimum atomic E-state index is -0.984. The van der Waals surface area contributed by atoms with Gasteiger partial charge in [0.05, 0.1) is 10.9 Å². The second-order valence-electron chi connectivity index (χ2n) is 4.21. The van der Waals surface area contributed by atoms with Gasteiger partial charge in [-0.25, -0.2) is 9.78 Å². The molecule has 0 amide bonds. The van der Waals surface area contributed by atoms with Crippen LogP contribution in [-0.2, 0) is 6.54 Å². The summed E-state index contributed by atoms with van der Waals surface area (Å²) in [7, 11) is 1.83. The average molecular weight is 328 g/mol. The van der Waals surface area contributed by atoms with Gasteiger partial charge in [0.25, 0.3) is 0 Å². The SMILES string of the molecule is CN(Cc1ccc(Cl)s1)c1nc2sccn2c1C(=O)O. The van der Waals surface area contributed by atoms with Crippen LogP contribution in [-0.4, -0.2) is 27.5 Å². The zero-order valence-electron chi connectivity index (χ0n) is 10.4. The molecule has 5 nitrogen and oxygen atoms in total. The molecular weight excluding hydrogens is 318 g/mol. The van der Waals surface area contributed by atoms with Crippen LogP contribution in [0.4, 0.5) is 5.82 Å². The van der Waals surface area contributed by atoms with Crippen LogP contribution in [0.15, 0.2) is 23.7 Å². The molecule has 3 aromatic heterocycles. The van der Waals surface area contributed by atoms with E-state index in [2.05, 4.69) is 4.98 Å². The first kappa shape index (κ1) is 13.4. The number of thiophene rings is 1. The number of aromatic nitrogens is 2. The van der Waals surface area contributed by atoms with Crippen molar-refractivity contribution in [1.29, 1.82) is 0 Å². The van der Waals surface area contributed by atoms with E-state index in [1.165, 1.54) is 22.7 Å². The van der Waals surface area contributed by atoms with Crippen LogP contribution in [0, 0.1) is 0 Å². The van der Waals surface area contributed by atoms with Crippen LogP contribution in [0.2, 0.25) is 4.34 Å². The molecule has 104 valence electrons. The lowest BCUT2D eigenvalue weighted by molar-refractivity contribution is 0.0690. The Morgan fingerprint density at radius 3 is 3.00 bits per heavy atom. The Labute approximate surface area is 127 Å². The smallest absolute Gasteiger partial charge is 0.356 e. The highest BCUT2D eigenvalue weighted by Gasteiger charge is 2.22. The number of carboxylic acid groups (broad SMARTS) is 1. The maximum absolute atomic E-state index is 11.5. The molecule has 0 saturated carbocycles. The van der Waals surface area contributed by atoms with Crippen LogP contribution >= 0.6 is 34.3 Å². The van der Waals surface area contributed by atoms with E-state index < -0.39 is 5.97 Å². The maximum atomic E-state index is 11.5. The molecule has 0 aliphatic rings. The maximum Gasteiger partial charge on any atom is 0.356 e. The van der Waals surface area contributed by atoms with Gasteiger partial charge in [0, 0.05) is 23.5 Å². The summed E-state index contributed by atoms with van der Waals surface area (Å²) in [5.74, 6) is -0.518. The van der Waals surface area contributed by atoms with Crippen molar-refractivity contribution in [2.24, 2.45) is 0 Å². The van der Waals surface area contributed by atoms with Gasteiger partial charge in [-0.2, -0.15) is 0 Å². The predicted molar refractivity (Wildman–Crippen MR) is 81.5 cm³/mol. The lowest BCUT2D eigenvalue weighted by Crippen LogP contribution is -2.19. The molecule has 0 radical (unpaired) electrons. The van der Waals surface area contributed by atoms with Crippen molar-refractivity contribution < 1.29 is 9.90 Å². The summed E-state index contributed by atoms with van der Waals surface area (Å²) in [5.41, 5.74) is 0.186. The summed E-state index contributed by atoms with van der Waals surface area (Å²) >= 11 is 8.80. The lowest BCUT2D eigenvalue weighted by atomic mass is 10.3. The molecular formula is C12H10ClN3O2S2. The van der Waals surface area contributed by atoms with Crippen molar-refractivity contribution in [3.8, 4) is 0 Å². The summed E-state index contributed by atoms with van der Waals surface area (Å²) in [6, 6.07) is 3.77. The molecule has 0 aliphatic carbocycles. The number of hydrogen-bond donors (Lipinski definition) is 1. The number of fused-ring (bicyclic) bond motifs is 1. The van der Waals surface area contributed by atoms with Crippen LogP contribution in [0.3, 0.4) is 0 Å². The first-order chi connectivity index (χ1) is 9.56. The van der Waals surface area contributed by atoms with E-state index in [0.717, 1.165) is 9.21 Å². The van der Waals surface area contributed by atoms with E-state index in [4.69, 9.17) is 11.6 Å². The third-order valence-corrected chi connectivity index (χ3v) is 4.80. The Morgan fingerprint density at radius 2 is 2.35 bits per heavy atom. The Kier molecular flexibility index (Phi) is 3.41. The van der Waals surface area contributed by atoms with E-state index >= 15 is 0 Å². The number of nitrogens with zero attached hydrogens (tertiary/aromatic N) is 3. The molecule has 0 bridgehead atoms. The number of aromatic carboxylic acids is 1. The Balaban J connectivity index is 1.98. The van der Waals surface area contributed by atoms with Gasteiger partial charge >= 0.3 is 5.97 Å². The van der Waals surface area contributed by atoms with E-state index in [-0.39, 0.29) is 5.69 Å². The minimum Gasteiger partial charge on any atom is -0.476 e. The monoisotopic (exact) mass is 327 g/mol. The van der Waals surface area contributed by atoms with Gasteiger partial charge < -0.3 is 10.0 Å². The minimum absolute atomic E-state index is 0.186. The second-order valence-corrected chi connectivity index (χ2v) is 6.88. The topological polar surface area (TPSA) is 57.8 Å². The number of imidazole rings is 1. The first-order valence-corrected chi connectivity index (χ1v) is 7.78. The third kappa shape index (κ3) is 2.28. The highest BCUT2D eigenvalue weighted by Crippen LogP contribution is 2.27. The van der Waals surface area contributed by atoms with Crippen molar-refractivity contribution in [3.63, 3.8) is 0 Å². The molecule has 0 spiro atoms. The van der Waals surface area contributed by atoms with Crippen LogP contribution in [0.1, 0.15) is 15.4 Å². The number of halogens is 1. The molecule has 3 heterocycles. The fraction of sp³-hybridized carbons (Fsp3) is 0.167.